The molecule has 12 nitrogen and oxygen atoms in total. The zero-order valence-corrected chi connectivity index (χ0v) is 31.5. The predicted octanol–water partition coefficient (Wildman–Crippen LogP) is 5.47. The van der Waals surface area contributed by atoms with E-state index in [1.165, 1.54) is 13.8 Å². The number of hydrogen-bond acceptors (Lipinski definition) is 8. The standard InChI is InChI=1S/C42H50N8O4/c1-25-33(7-5-9-37(25)49-41(53)39-19-35(29-11-12-29)31(23-47-39)21-43-15-17-45-27(3)51)34-8-6-10-38(26(34)2)50-42(54)40-20-36(30-13-14-30)32(24-48-40)22-44-16-18-46-28(4)52/h5-10,19-20,23-24,29-30,43-44H,11-18,21-22H2,1-4H3,(H,45,51)(H,46,52)(H,49,53)(H,50,54). The van der Waals surface area contributed by atoms with Crippen LogP contribution >= 0.6 is 0 Å². The highest BCUT2D eigenvalue weighted by atomic mass is 16.2. The molecule has 4 aromatic rings. The second kappa shape index (κ2) is 17.6. The van der Waals surface area contributed by atoms with E-state index in [2.05, 4.69) is 41.9 Å². The maximum absolute atomic E-state index is 13.6. The van der Waals surface area contributed by atoms with Crippen molar-refractivity contribution >= 4 is 35.0 Å². The number of aromatic nitrogens is 2. The van der Waals surface area contributed by atoms with Gasteiger partial charge in [0.2, 0.25) is 11.8 Å². The quantitative estimate of drug-likeness (QED) is 0.0779. The van der Waals surface area contributed by atoms with Gasteiger partial charge in [0, 0.05) is 76.9 Å². The molecule has 2 aliphatic carbocycles. The van der Waals surface area contributed by atoms with Crippen molar-refractivity contribution in [1.29, 1.82) is 0 Å². The maximum atomic E-state index is 13.6. The zero-order valence-electron chi connectivity index (χ0n) is 31.5. The molecule has 2 heterocycles. The van der Waals surface area contributed by atoms with E-state index in [1.807, 2.05) is 62.4 Å². The van der Waals surface area contributed by atoms with Gasteiger partial charge in [0.25, 0.3) is 11.8 Å². The Morgan fingerprint density at radius 3 is 1.39 bits per heavy atom. The fourth-order valence-corrected chi connectivity index (χ4v) is 6.69. The third-order valence-electron chi connectivity index (χ3n) is 9.98. The number of benzene rings is 2. The van der Waals surface area contributed by atoms with E-state index in [1.54, 1.807) is 12.4 Å². The molecule has 0 unspecified atom stereocenters. The van der Waals surface area contributed by atoms with Crippen LogP contribution in [0.5, 0.6) is 0 Å². The van der Waals surface area contributed by atoms with Crippen LogP contribution in [-0.4, -0.2) is 59.8 Å². The fourth-order valence-electron chi connectivity index (χ4n) is 6.69. The molecule has 2 aromatic carbocycles. The molecule has 2 saturated carbocycles. The van der Waals surface area contributed by atoms with E-state index in [0.29, 0.717) is 73.9 Å². The van der Waals surface area contributed by atoms with Gasteiger partial charge >= 0.3 is 0 Å². The lowest BCUT2D eigenvalue weighted by Crippen LogP contribution is -2.30. The molecule has 0 saturated heterocycles. The molecule has 2 fully saturated rings. The second-order valence-corrected chi connectivity index (χ2v) is 14.3. The number of nitrogens with zero attached hydrogens (tertiary/aromatic N) is 2. The highest BCUT2D eigenvalue weighted by molar-refractivity contribution is 6.05. The van der Waals surface area contributed by atoms with Crippen LogP contribution in [0.2, 0.25) is 0 Å². The molecule has 0 aliphatic heterocycles. The van der Waals surface area contributed by atoms with Gasteiger partial charge < -0.3 is 31.9 Å². The van der Waals surface area contributed by atoms with Gasteiger partial charge in [-0.25, -0.2) is 0 Å². The minimum Gasteiger partial charge on any atom is -0.355 e. The molecular formula is C42H50N8O4. The maximum Gasteiger partial charge on any atom is 0.274 e. The van der Waals surface area contributed by atoms with Gasteiger partial charge in [-0.3, -0.25) is 29.1 Å². The largest absolute Gasteiger partial charge is 0.355 e. The summed E-state index contributed by atoms with van der Waals surface area (Å²) in [5, 5.41) is 18.5. The van der Waals surface area contributed by atoms with Gasteiger partial charge in [-0.2, -0.15) is 0 Å². The molecular weight excluding hydrogens is 681 g/mol. The van der Waals surface area contributed by atoms with Gasteiger partial charge in [0.05, 0.1) is 0 Å². The number of nitrogens with one attached hydrogen (secondary N) is 6. The van der Waals surface area contributed by atoms with Crippen molar-refractivity contribution in [3.63, 3.8) is 0 Å². The molecule has 54 heavy (non-hydrogen) atoms. The molecule has 4 amide bonds. The monoisotopic (exact) mass is 730 g/mol. The number of hydrogen-bond donors (Lipinski definition) is 6. The lowest BCUT2D eigenvalue weighted by molar-refractivity contribution is -0.119. The smallest absolute Gasteiger partial charge is 0.274 e. The van der Waals surface area contributed by atoms with Crippen molar-refractivity contribution in [2.45, 2.75) is 78.3 Å². The van der Waals surface area contributed by atoms with Gasteiger partial charge in [-0.1, -0.05) is 24.3 Å². The molecule has 6 rings (SSSR count). The van der Waals surface area contributed by atoms with Crippen molar-refractivity contribution in [3.8, 4) is 11.1 Å². The van der Waals surface area contributed by atoms with Crippen molar-refractivity contribution in [3.05, 3.63) is 106 Å². The molecule has 6 N–H and O–H groups in total. The topological polar surface area (TPSA) is 166 Å². The van der Waals surface area contributed by atoms with Crippen molar-refractivity contribution in [1.82, 2.24) is 31.2 Å². The van der Waals surface area contributed by atoms with Crippen LogP contribution < -0.4 is 31.9 Å². The van der Waals surface area contributed by atoms with E-state index < -0.39 is 0 Å². The summed E-state index contributed by atoms with van der Waals surface area (Å²) in [6.07, 6.45) is 7.94. The van der Waals surface area contributed by atoms with E-state index in [0.717, 1.165) is 70.2 Å². The number of anilines is 2. The summed E-state index contributed by atoms with van der Waals surface area (Å²) in [4.78, 5) is 58.5. The number of rotatable bonds is 17. The average Bonchev–Trinajstić information content (AvgIpc) is 4.08. The van der Waals surface area contributed by atoms with Crippen molar-refractivity contribution in [2.24, 2.45) is 0 Å². The zero-order chi connectivity index (χ0) is 38.2. The summed E-state index contributed by atoms with van der Waals surface area (Å²) in [7, 11) is 0. The molecule has 2 aromatic heterocycles. The number of carbonyl (C=O) groups excluding carboxylic acids is 4. The summed E-state index contributed by atoms with van der Waals surface area (Å²) < 4.78 is 0. The number of carbonyl (C=O) groups is 4. The van der Waals surface area contributed by atoms with Crippen LogP contribution in [0.15, 0.2) is 60.9 Å². The Morgan fingerprint density at radius 1 is 0.611 bits per heavy atom. The molecule has 0 spiro atoms. The Bertz CT molecular complexity index is 1890. The van der Waals surface area contributed by atoms with E-state index >= 15 is 0 Å². The Hall–Kier alpha value is -5.46. The van der Waals surface area contributed by atoms with E-state index in [9.17, 15) is 19.2 Å². The van der Waals surface area contributed by atoms with Gasteiger partial charge in [-0.05, 0) is 120 Å². The lowest BCUT2D eigenvalue weighted by Gasteiger charge is -2.17. The van der Waals surface area contributed by atoms with Crippen LogP contribution in [0.3, 0.4) is 0 Å². The number of amides is 4. The highest BCUT2D eigenvalue weighted by Crippen LogP contribution is 2.43. The van der Waals surface area contributed by atoms with Crippen LogP contribution in [0, 0.1) is 13.8 Å². The van der Waals surface area contributed by atoms with Gasteiger partial charge in [0.1, 0.15) is 11.4 Å². The van der Waals surface area contributed by atoms with Crippen molar-refractivity contribution < 1.29 is 19.2 Å². The third-order valence-corrected chi connectivity index (χ3v) is 9.98. The average molecular weight is 731 g/mol. The van der Waals surface area contributed by atoms with Crippen LogP contribution in [0.25, 0.3) is 11.1 Å². The SMILES string of the molecule is CC(=O)NCCNCc1cnc(C(=O)Nc2cccc(-c3cccc(NC(=O)c4cc(C5CC5)c(CNCCNC(C)=O)cn4)c3C)c2C)cc1C1CC1. The molecule has 282 valence electrons. The first-order chi connectivity index (χ1) is 26.1. The lowest BCUT2D eigenvalue weighted by atomic mass is 9.94. The fraction of sp³-hybridized carbons (Fsp3) is 0.381. The minimum atomic E-state index is -0.273. The molecule has 2 aliphatic rings. The Morgan fingerprint density at radius 2 is 1.02 bits per heavy atom. The number of pyridine rings is 2. The Labute approximate surface area is 316 Å². The molecule has 0 atom stereocenters. The van der Waals surface area contributed by atoms with Crippen LogP contribution in [-0.2, 0) is 22.7 Å². The van der Waals surface area contributed by atoms with E-state index in [4.69, 9.17) is 0 Å². The van der Waals surface area contributed by atoms with Gasteiger partial charge in [-0.15, -0.1) is 0 Å². The van der Waals surface area contributed by atoms with Crippen LogP contribution in [0.4, 0.5) is 11.4 Å². The van der Waals surface area contributed by atoms with Gasteiger partial charge in [0.15, 0.2) is 0 Å². The first-order valence-corrected chi connectivity index (χ1v) is 18.8. The summed E-state index contributed by atoms with van der Waals surface area (Å²) in [6.45, 7) is 10.6. The third kappa shape index (κ3) is 9.94. The minimum absolute atomic E-state index is 0.0541. The first-order valence-electron chi connectivity index (χ1n) is 18.8. The summed E-state index contributed by atoms with van der Waals surface area (Å²) in [6, 6.07) is 15.5. The summed E-state index contributed by atoms with van der Waals surface area (Å²) in [5.74, 6) is 0.203. The molecule has 12 heteroatoms. The van der Waals surface area contributed by atoms with Crippen LogP contribution in [0.1, 0.15) is 106 Å². The summed E-state index contributed by atoms with van der Waals surface area (Å²) in [5.41, 5.74) is 10.2. The summed E-state index contributed by atoms with van der Waals surface area (Å²) >= 11 is 0. The normalized spacial score (nSPS) is 13.6. The Kier molecular flexibility index (Phi) is 12.5. The molecule has 0 radical (unpaired) electrons. The Balaban J connectivity index is 1.13. The molecule has 0 bridgehead atoms. The highest BCUT2D eigenvalue weighted by Gasteiger charge is 2.29. The van der Waals surface area contributed by atoms with E-state index in [-0.39, 0.29) is 23.6 Å². The first kappa shape index (κ1) is 38.3. The predicted molar refractivity (Wildman–Crippen MR) is 210 cm³/mol. The second-order valence-electron chi connectivity index (χ2n) is 14.3. The van der Waals surface area contributed by atoms with Crippen molar-refractivity contribution in [2.75, 3.05) is 36.8 Å².